The van der Waals surface area contributed by atoms with Crippen LogP contribution in [0.4, 0.5) is 0 Å². The number of nitrogens with zero attached hydrogens (tertiary/aromatic N) is 2. The molecule has 32 heavy (non-hydrogen) atoms. The third-order valence-corrected chi connectivity index (χ3v) is 5.48. The van der Waals surface area contributed by atoms with Gasteiger partial charge in [-0.1, -0.05) is 48.0 Å². The van der Waals surface area contributed by atoms with Crippen LogP contribution in [0, 0.1) is 0 Å². The Morgan fingerprint density at radius 1 is 0.969 bits per heavy atom. The summed E-state index contributed by atoms with van der Waals surface area (Å²) in [5.74, 6) is 1.74. The van der Waals surface area contributed by atoms with Crippen LogP contribution in [0.3, 0.4) is 0 Å². The summed E-state index contributed by atoms with van der Waals surface area (Å²) in [7, 11) is 0. The normalized spacial score (nSPS) is 10.9. The molecule has 0 fully saturated rings. The number of carbonyl (C=O) groups excluding carboxylic acids is 1. The van der Waals surface area contributed by atoms with Crippen LogP contribution in [0.15, 0.2) is 78.9 Å². The number of halogens is 1. The average Bonchev–Trinajstić information content (AvgIpc) is 3.17. The van der Waals surface area contributed by atoms with Gasteiger partial charge in [0.25, 0.3) is 5.91 Å². The van der Waals surface area contributed by atoms with Crippen molar-refractivity contribution in [1.29, 1.82) is 0 Å². The molecule has 0 aliphatic rings. The summed E-state index contributed by atoms with van der Waals surface area (Å²) < 4.78 is 8.06. The van der Waals surface area contributed by atoms with Crippen molar-refractivity contribution in [3.63, 3.8) is 0 Å². The second-order valence-corrected chi connectivity index (χ2v) is 7.99. The van der Waals surface area contributed by atoms with E-state index in [2.05, 4.69) is 16.0 Å². The molecule has 1 amide bonds. The molecule has 1 aromatic heterocycles. The first-order valence-electron chi connectivity index (χ1n) is 10.9. The number of nitrogens with one attached hydrogen (secondary N) is 1. The molecule has 0 aliphatic heterocycles. The maximum absolute atomic E-state index is 12.4. The molecule has 0 atom stereocenters. The van der Waals surface area contributed by atoms with Crippen LogP contribution in [0.1, 0.15) is 29.0 Å². The second kappa shape index (κ2) is 10.8. The first-order chi connectivity index (χ1) is 15.7. The Morgan fingerprint density at radius 3 is 2.62 bits per heavy atom. The minimum Gasteiger partial charge on any atom is -0.494 e. The number of para-hydroxylation sites is 3. The van der Waals surface area contributed by atoms with Crippen molar-refractivity contribution in [2.75, 3.05) is 13.2 Å². The highest BCUT2D eigenvalue weighted by Gasteiger charge is 2.11. The Kier molecular flexibility index (Phi) is 7.41. The van der Waals surface area contributed by atoms with Crippen LogP contribution >= 0.6 is 11.6 Å². The number of benzene rings is 3. The van der Waals surface area contributed by atoms with Gasteiger partial charge in [-0.15, -0.1) is 0 Å². The lowest BCUT2D eigenvalue weighted by Gasteiger charge is -2.11. The van der Waals surface area contributed by atoms with E-state index in [0.29, 0.717) is 30.2 Å². The van der Waals surface area contributed by atoms with Crippen molar-refractivity contribution in [2.45, 2.75) is 25.8 Å². The summed E-state index contributed by atoms with van der Waals surface area (Å²) in [6.45, 7) is 2.05. The van der Waals surface area contributed by atoms with Crippen LogP contribution < -0.4 is 10.1 Å². The molecule has 0 unspecified atom stereocenters. The summed E-state index contributed by atoms with van der Waals surface area (Å²) in [5, 5.41) is 3.52. The number of aryl methyl sites for hydroxylation is 1. The third kappa shape index (κ3) is 5.68. The Labute approximate surface area is 193 Å². The van der Waals surface area contributed by atoms with Crippen molar-refractivity contribution in [3.8, 4) is 5.75 Å². The van der Waals surface area contributed by atoms with E-state index in [1.807, 2.05) is 48.5 Å². The zero-order valence-electron chi connectivity index (χ0n) is 17.8. The van der Waals surface area contributed by atoms with Crippen molar-refractivity contribution >= 4 is 28.5 Å². The Hall–Kier alpha value is -3.31. The quantitative estimate of drug-likeness (QED) is 0.325. The Morgan fingerprint density at radius 2 is 1.78 bits per heavy atom. The lowest BCUT2D eigenvalue weighted by Crippen LogP contribution is -2.26. The van der Waals surface area contributed by atoms with Crippen molar-refractivity contribution in [1.82, 2.24) is 14.9 Å². The van der Waals surface area contributed by atoms with Crippen molar-refractivity contribution in [3.05, 3.63) is 95.3 Å². The Bertz CT molecular complexity index is 1170. The van der Waals surface area contributed by atoms with Gasteiger partial charge in [-0.25, -0.2) is 4.98 Å². The predicted octanol–water partition coefficient (Wildman–Crippen LogP) is 5.52. The molecule has 0 spiro atoms. The number of unbranched alkanes of at least 4 members (excludes halogenated alkanes) is 1. The van der Waals surface area contributed by atoms with Gasteiger partial charge >= 0.3 is 0 Å². The zero-order chi connectivity index (χ0) is 22.2. The predicted molar refractivity (Wildman–Crippen MR) is 128 cm³/mol. The molecule has 0 aliphatic carbocycles. The average molecular weight is 448 g/mol. The minimum absolute atomic E-state index is 0.131. The monoisotopic (exact) mass is 447 g/mol. The van der Waals surface area contributed by atoms with E-state index < -0.39 is 0 Å². The zero-order valence-corrected chi connectivity index (χ0v) is 18.6. The Balaban J connectivity index is 1.34. The van der Waals surface area contributed by atoms with Gasteiger partial charge < -0.3 is 14.6 Å². The number of carbonyl (C=O) groups is 1. The summed E-state index contributed by atoms with van der Waals surface area (Å²) in [6, 6.07) is 25.0. The molecule has 6 heteroatoms. The van der Waals surface area contributed by atoms with Gasteiger partial charge in [0.1, 0.15) is 11.6 Å². The highest BCUT2D eigenvalue weighted by molar-refractivity contribution is 6.30. The summed E-state index contributed by atoms with van der Waals surface area (Å²) in [5.41, 5.74) is 2.65. The molecule has 5 nitrogen and oxygen atoms in total. The van der Waals surface area contributed by atoms with Gasteiger partial charge in [0.15, 0.2) is 0 Å². The summed E-state index contributed by atoms with van der Waals surface area (Å²) in [6.07, 6.45) is 2.59. The molecule has 4 rings (SSSR count). The van der Waals surface area contributed by atoms with Crippen molar-refractivity contribution < 1.29 is 9.53 Å². The lowest BCUT2D eigenvalue weighted by atomic mass is 10.2. The third-order valence-electron chi connectivity index (χ3n) is 5.24. The highest BCUT2D eigenvalue weighted by Crippen LogP contribution is 2.18. The molecule has 1 heterocycles. The molecule has 0 saturated heterocycles. The SMILES string of the molecule is O=C(NCCc1nc2ccccc2n1CCCCOc1ccccc1)c1cccc(Cl)c1. The molecule has 0 radical (unpaired) electrons. The van der Waals surface area contributed by atoms with Crippen LogP contribution in [0.5, 0.6) is 5.75 Å². The van der Waals surface area contributed by atoms with E-state index in [1.54, 1.807) is 24.3 Å². The summed E-state index contributed by atoms with van der Waals surface area (Å²) >= 11 is 5.99. The van der Waals surface area contributed by atoms with Gasteiger partial charge in [0, 0.05) is 30.1 Å². The van der Waals surface area contributed by atoms with Crippen molar-refractivity contribution in [2.24, 2.45) is 0 Å². The van der Waals surface area contributed by atoms with Crippen LogP contribution in [0.25, 0.3) is 11.0 Å². The van der Waals surface area contributed by atoms with E-state index in [0.717, 1.165) is 42.0 Å². The lowest BCUT2D eigenvalue weighted by molar-refractivity contribution is 0.0954. The number of rotatable bonds is 10. The van der Waals surface area contributed by atoms with E-state index in [4.69, 9.17) is 21.3 Å². The molecule has 4 aromatic rings. The topological polar surface area (TPSA) is 56.2 Å². The van der Waals surface area contributed by atoms with Gasteiger partial charge in [-0.2, -0.15) is 0 Å². The smallest absolute Gasteiger partial charge is 0.251 e. The number of fused-ring (bicyclic) bond motifs is 1. The fraction of sp³-hybridized carbons (Fsp3) is 0.231. The van der Waals surface area contributed by atoms with Gasteiger partial charge in [-0.3, -0.25) is 4.79 Å². The number of ether oxygens (including phenoxy) is 1. The maximum Gasteiger partial charge on any atom is 0.251 e. The van der Waals surface area contributed by atoms with E-state index in [9.17, 15) is 4.79 Å². The molecule has 3 aromatic carbocycles. The van der Waals surface area contributed by atoms with E-state index >= 15 is 0 Å². The van der Waals surface area contributed by atoms with Crippen LogP contribution in [0.2, 0.25) is 5.02 Å². The fourth-order valence-electron chi connectivity index (χ4n) is 3.66. The molecule has 0 saturated carbocycles. The van der Waals surface area contributed by atoms with Gasteiger partial charge in [0.05, 0.1) is 17.6 Å². The number of aromatic nitrogens is 2. The van der Waals surface area contributed by atoms with Crippen LogP contribution in [-0.4, -0.2) is 28.6 Å². The molecular weight excluding hydrogens is 422 g/mol. The summed E-state index contributed by atoms with van der Waals surface area (Å²) in [4.78, 5) is 17.2. The number of imidazole rings is 1. The first-order valence-corrected chi connectivity index (χ1v) is 11.2. The minimum atomic E-state index is -0.131. The van der Waals surface area contributed by atoms with Gasteiger partial charge in [-0.05, 0) is 55.3 Å². The van der Waals surface area contributed by atoms with E-state index in [-0.39, 0.29) is 5.91 Å². The largest absolute Gasteiger partial charge is 0.494 e. The molecular formula is C26H26ClN3O2. The van der Waals surface area contributed by atoms with Gasteiger partial charge in [0.2, 0.25) is 0 Å². The fourth-order valence-corrected chi connectivity index (χ4v) is 3.85. The number of hydrogen-bond acceptors (Lipinski definition) is 3. The standard InChI is InChI=1S/C26H26ClN3O2/c27-21-10-8-9-20(19-21)26(31)28-16-15-25-29-23-13-4-5-14-24(23)30(25)17-6-7-18-32-22-11-2-1-3-12-22/h1-5,8-14,19H,6-7,15-18H2,(H,28,31). The maximum atomic E-state index is 12.4. The first kappa shape index (κ1) is 21.9. The van der Waals surface area contributed by atoms with Crippen LogP contribution in [-0.2, 0) is 13.0 Å². The number of hydrogen-bond donors (Lipinski definition) is 1. The highest BCUT2D eigenvalue weighted by atomic mass is 35.5. The number of amides is 1. The molecule has 1 N–H and O–H groups in total. The van der Waals surface area contributed by atoms with E-state index in [1.165, 1.54) is 0 Å². The molecule has 0 bridgehead atoms. The second-order valence-electron chi connectivity index (χ2n) is 7.55. The molecule has 164 valence electrons.